The monoisotopic (exact) mass is 569 g/mol. The topological polar surface area (TPSA) is 96.0 Å². The van der Waals surface area contributed by atoms with Gasteiger partial charge >= 0.3 is 0 Å². The van der Waals surface area contributed by atoms with E-state index < -0.39 is 34.3 Å². The number of benzene rings is 3. The molecule has 3 aromatic rings. The van der Waals surface area contributed by atoms with Crippen LogP contribution in [0.15, 0.2) is 83.8 Å². The average molecular weight is 570 g/mol. The largest absolute Gasteiger partial charge is 0.494 e. The Bertz CT molecular complexity index is 1370. The molecule has 8 nitrogen and oxygen atoms in total. The average Bonchev–Trinajstić information content (AvgIpc) is 2.95. The van der Waals surface area contributed by atoms with Crippen molar-refractivity contribution in [2.75, 3.05) is 17.5 Å². The summed E-state index contributed by atoms with van der Waals surface area (Å²) in [7, 11) is -4.18. The molecule has 0 bridgehead atoms. The van der Waals surface area contributed by atoms with Crippen molar-refractivity contribution in [3.05, 3.63) is 90.2 Å². The number of nitrogens with one attached hydrogen (secondary N) is 1. The maximum atomic E-state index is 13.9. The third-order valence-corrected chi connectivity index (χ3v) is 8.27. The number of carbonyl (C=O) groups excluding carboxylic acids is 2. The molecule has 0 heterocycles. The highest BCUT2D eigenvalue weighted by Crippen LogP contribution is 2.26. The third kappa shape index (κ3) is 7.81. The van der Waals surface area contributed by atoms with Crippen LogP contribution >= 0.6 is 0 Å². The van der Waals surface area contributed by atoms with Crippen LogP contribution in [-0.4, -0.2) is 50.4 Å². The number of nitrogens with zero attached hydrogens (tertiary/aromatic N) is 2. The lowest BCUT2D eigenvalue weighted by atomic mass is 10.1. The first-order valence-corrected chi connectivity index (χ1v) is 14.7. The summed E-state index contributed by atoms with van der Waals surface area (Å²) in [5.74, 6) is -0.865. The molecule has 0 saturated heterocycles. The number of amides is 2. The number of hydrogen-bond acceptors (Lipinski definition) is 5. The zero-order valence-corrected chi connectivity index (χ0v) is 24.0. The van der Waals surface area contributed by atoms with Crippen molar-refractivity contribution >= 4 is 27.5 Å². The maximum absolute atomic E-state index is 13.9. The molecule has 2 unspecified atom stereocenters. The zero-order valence-electron chi connectivity index (χ0n) is 23.2. The van der Waals surface area contributed by atoms with Gasteiger partial charge in [0.05, 0.1) is 17.2 Å². The van der Waals surface area contributed by atoms with E-state index in [1.807, 2.05) is 20.8 Å². The zero-order chi connectivity index (χ0) is 29.3. The second-order valence-electron chi connectivity index (χ2n) is 9.39. The summed E-state index contributed by atoms with van der Waals surface area (Å²) in [6, 6.07) is 18.9. The second-order valence-corrected chi connectivity index (χ2v) is 11.3. The number of rotatable bonds is 13. The molecule has 40 heavy (non-hydrogen) atoms. The van der Waals surface area contributed by atoms with Crippen LogP contribution in [0.3, 0.4) is 0 Å². The van der Waals surface area contributed by atoms with Crippen LogP contribution in [0, 0.1) is 5.82 Å². The van der Waals surface area contributed by atoms with Crippen molar-refractivity contribution in [3.8, 4) is 5.75 Å². The van der Waals surface area contributed by atoms with Crippen molar-refractivity contribution in [1.29, 1.82) is 0 Å². The Kier molecular flexibility index (Phi) is 10.7. The highest BCUT2D eigenvalue weighted by molar-refractivity contribution is 7.92. The Morgan fingerprint density at radius 2 is 1.55 bits per heavy atom. The van der Waals surface area contributed by atoms with Crippen LogP contribution in [0.25, 0.3) is 0 Å². The molecule has 0 saturated carbocycles. The van der Waals surface area contributed by atoms with Gasteiger partial charge in [-0.3, -0.25) is 13.9 Å². The fourth-order valence-corrected chi connectivity index (χ4v) is 5.37. The molecule has 3 rings (SSSR count). The number of carbonyl (C=O) groups is 2. The molecule has 2 atom stereocenters. The molecule has 10 heteroatoms. The van der Waals surface area contributed by atoms with Gasteiger partial charge in [-0.05, 0) is 81.3 Å². The third-order valence-electron chi connectivity index (χ3n) is 6.48. The van der Waals surface area contributed by atoms with Gasteiger partial charge in [0.2, 0.25) is 11.8 Å². The van der Waals surface area contributed by atoms with Gasteiger partial charge in [-0.1, -0.05) is 37.3 Å². The molecule has 0 aliphatic heterocycles. The standard InChI is InChI=1S/C30H36FN3O5S/c1-5-22(3)32-30(36)23(4)33(20-24-12-14-25(31)15-13-24)29(35)21-34(26-10-8-7-9-11-26)40(37,38)28-18-16-27(17-19-28)39-6-2/h7-19,22-23H,5-6,20-21H2,1-4H3,(H,32,36). The number of para-hydroxylation sites is 1. The molecule has 0 radical (unpaired) electrons. The van der Waals surface area contributed by atoms with E-state index in [1.165, 1.54) is 41.3 Å². The Hall–Kier alpha value is -3.92. The summed E-state index contributed by atoms with van der Waals surface area (Å²) in [5.41, 5.74) is 0.891. The van der Waals surface area contributed by atoms with Crippen molar-refractivity contribution in [3.63, 3.8) is 0 Å². The summed E-state index contributed by atoms with van der Waals surface area (Å²) in [4.78, 5) is 28.2. The second kappa shape index (κ2) is 13.9. The van der Waals surface area contributed by atoms with Gasteiger partial charge < -0.3 is 15.0 Å². The summed E-state index contributed by atoms with van der Waals surface area (Å²) >= 11 is 0. The summed E-state index contributed by atoms with van der Waals surface area (Å²) in [6.07, 6.45) is 0.701. The number of hydrogen-bond donors (Lipinski definition) is 1. The molecule has 0 aromatic heterocycles. The molecule has 1 N–H and O–H groups in total. The highest BCUT2D eigenvalue weighted by atomic mass is 32.2. The first-order chi connectivity index (χ1) is 19.1. The summed E-state index contributed by atoms with van der Waals surface area (Å²) in [5, 5.41) is 2.88. The van der Waals surface area contributed by atoms with E-state index in [2.05, 4.69) is 5.32 Å². The smallest absolute Gasteiger partial charge is 0.264 e. The van der Waals surface area contributed by atoms with Crippen molar-refractivity contribution in [2.45, 2.75) is 57.6 Å². The summed E-state index contributed by atoms with van der Waals surface area (Å²) < 4.78 is 47.7. The number of ether oxygens (including phenoxy) is 1. The lowest BCUT2D eigenvalue weighted by molar-refractivity contribution is -0.139. The predicted octanol–water partition coefficient (Wildman–Crippen LogP) is 4.75. The van der Waals surface area contributed by atoms with Crippen molar-refractivity contribution < 1.29 is 27.1 Å². The minimum absolute atomic E-state index is 0.0137. The van der Waals surface area contributed by atoms with Gasteiger partial charge in [0, 0.05) is 12.6 Å². The van der Waals surface area contributed by atoms with E-state index in [-0.39, 0.29) is 23.4 Å². The maximum Gasteiger partial charge on any atom is 0.264 e. The normalized spacial score (nSPS) is 12.7. The minimum atomic E-state index is -4.18. The molecule has 0 fully saturated rings. The fourth-order valence-electron chi connectivity index (χ4n) is 3.96. The van der Waals surface area contributed by atoms with Crippen LogP contribution in [0.2, 0.25) is 0 Å². The van der Waals surface area contributed by atoms with E-state index in [0.29, 0.717) is 30.0 Å². The lowest BCUT2D eigenvalue weighted by Gasteiger charge is -2.32. The Balaban J connectivity index is 1.98. The molecule has 214 valence electrons. The number of sulfonamides is 1. The van der Waals surface area contributed by atoms with Crippen LogP contribution in [0.1, 0.15) is 39.7 Å². The van der Waals surface area contributed by atoms with Gasteiger partial charge in [0.15, 0.2) is 0 Å². The van der Waals surface area contributed by atoms with Crippen molar-refractivity contribution in [2.24, 2.45) is 0 Å². The Labute approximate surface area is 235 Å². The molecule has 2 amide bonds. The molecular weight excluding hydrogens is 533 g/mol. The Morgan fingerprint density at radius 3 is 2.12 bits per heavy atom. The van der Waals surface area contributed by atoms with Gasteiger partial charge in [0.25, 0.3) is 10.0 Å². The van der Waals surface area contributed by atoms with Crippen molar-refractivity contribution in [1.82, 2.24) is 10.2 Å². The molecule has 0 aliphatic rings. The van der Waals surface area contributed by atoms with E-state index >= 15 is 0 Å². The van der Waals surface area contributed by atoms with E-state index in [4.69, 9.17) is 4.74 Å². The first-order valence-electron chi connectivity index (χ1n) is 13.2. The van der Waals surface area contributed by atoms with Gasteiger partial charge in [-0.15, -0.1) is 0 Å². The van der Waals surface area contributed by atoms with Crippen LogP contribution in [0.4, 0.5) is 10.1 Å². The number of anilines is 1. The van der Waals surface area contributed by atoms with Crippen LogP contribution in [-0.2, 0) is 26.2 Å². The van der Waals surface area contributed by atoms with Crippen LogP contribution < -0.4 is 14.4 Å². The van der Waals surface area contributed by atoms with E-state index in [1.54, 1.807) is 49.4 Å². The predicted molar refractivity (Wildman–Crippen MR) is 153 cm³/mol. The fraction of sp³-hybridized carbons (Fsp3) is 0.333. The SMILES string of the molecule is CCOc1ccc(S(=O)(=O)N(CC(=O)N(Cc2ccc(F)cc2)C(C)C(=O)NC(C)CC)c2ccccc2)cc1. The highest BCUT2D eigenvalue weighted by Gasteiger charge is 2.32. The van der Waals surface area contributed by atoms with Crippen LogP contribution in [0.5, 0.6) is 5.75 Å². The van der Waals surface area contributed by atoms with E-state index in [0.717, 1.165) is 4.31 Å². The summed E-state index contributed by atoms with van der Waals surface area (Å²) in [6.45, 7) is 7.07. The van der Waals surface area contributed by atoms with Gasteiger partial charge in [-0.2, -0.15) is 0 Å². The Morgan fingerprint density at radius 1 is 0.925 bits per heavy atom. The lowest BCUT2D eigenvalue weighted by Crippen LogP contribution is -2.52. The quantitative estimate of drug-likeness (QED) is 0.321. The number of halogens is 1. The molecular formula is C30H36FN3O5S. The molecule has 3 aromatic carbocycles. The van der Waals surface area contributed by atoms with E-state index in [9.17, 15) is 22.4 Å². The first kappa shape index (κ1) is 30.6. The van der Waals surface area contributed by atoms with Gasteiger partial charge in [-0.25, -0.2) is 12.8 Å². The van der Waals surface area contributed by atoms with Gasteiger partial charge in [0.1, 0.15) is 24.2 Å². The minimum Gasteiger partial charge on any atom is -0.494 e. The molecule has 0 aliphatic carbocycles. The molecule has 0 spiro atoms.